The van der Waals surface area contributed by atoms with E-state index in [0.717, 1.165) is 0 Å². The van der Waals surface area contributed by atoms with E-state index in [-0.39, 0.29) is 5.75 Å². The molecule has 1 aromatic rings. The molecule has 0 saturated heterocycles. The van der Waals surface area contributed by atoms with Crippen LogP contribution in [0.15, 0.2) is 24.3 Å². The Labute approximate surface area is 71.5 Å². The summed E-state index contributed by atoms with van der Waals surface area (Å²) in [6.07, 6.45) is -0.654. The summed E-state index contributed by atoms with van der Waals surface area (Å²) in [7, 11) is 0. The molecule has 1 aromatic carbocycles. The van der Waals surface area contributed by atoms with Gasteiger partial charge >= 0.3 is 0 Å². The molecule has 0 fully saturated rings. The summed E-state index contributed by atoms with van der Waals surface area (Å²) in [6, 6.07) is 6.22. The number of aromatic hydroxyl groups is 1. The van der Waals surface area contributed by atoms with Crippen LogP contribution in [0.4, 0.5) is 0 Å². The second kappa shape index (κ2) is 3.56. The number of para-hydroxylation sites is 1. The van der Waals surface area contributed by atoms with E-state index in [1.807, 2.05) is 0 Å². The Morgan fingerprint density at radius 3 is 2.42 bits per heavy atom. The number of phenolic OH excluding ortho intramolecular Hbond substituents is 1. The van der Waals surface area contributed by atoms with E-state index in [1.54, 1.807) is 31.2 Å². The van der Waals surface area contributed by atoms with Crippen LogP contribution in [0.3, 0.4) is 0 Å². The predicted octanol–water partition coefficient (Wildman–Crippen LogP) is 0.773. The van der Waals surface area contributed by atoms with E-state index in [2.05, 4.69) is 0 Å². The van der Waals surface area contributed by atoms with Crippen LogP contribution in [0.5, 0.6) is 5.75 Å². The molecule has 0 unspecified atom stereocenters. The zero-order valence-electron chi connectivity index (χ0n) is 6.94. The van der Waals surface area contributed by atoms with Gasteiger partial charge in [-0.15, -0.1) is 0 Å². The standard InChI is InChI=1S/C9H13NO2/c1-6(11)9(10)7-4-2-3-5-8(7)12/h2-6,9,11-12H,10H2,1H3/t6-,9+/m0/s1. The molecule has 0 amide bonds. The van der Waals surface area contributed by atoms with Crippen LogP contribution in [0.2, 0.25) is 0 Å². The van der Waals surface area contributed by atoms with Crippen LogP contribution < -0.4 is 5.73 Å². The smallest absolute Gasteiger partial charge is 0.120 e. The van der Waals surface area contributed by atoms with Crippen LogP contribution >= 0.6 is 0 Å². The summed E-state index contributed by atoms with van der Waals surface area (Å²) >= 11 is 0. The minimum Gasteiger partial charge on any atom is -0.508 e. The van der Waals surface area contributed by atoms with Crippen molar-refractivity contribution in [2.75, 3.05) is 0 Å². The monoisotopic (exact) mass is 167 g/mol. The minimum atomic E-state index is -0.654. The first-order valence-corrected chi connectivity index (χ1v) is 3.84. The average molecular weight is 167 g/mol. The van der Waals surface area contributed by atoms with Gasteiger partial charge in [-0.1, -0.05) is 18.2 Å². The van der Waals surface area contributed by atoms with Gasteiger partial charge in [0.05, 0.1) is 12.1 Å². The Balaban J connectivity index is 2.94. The molecule has 0 aliphatic heterocycles. The maximum atomic E-state index is 9.34. The molecule has 0 spiro atoms. The number of hydrogen-bond acceptors (Lipinski definition) is 3. The lowest BCUT2D eigenvalue weighted by molar-refractivity contribution is 0.163. The number of hydrogen-bond donors (Lipinski definition) is 3. The van der Waals surface area contributed by atoms with E-state index in [9.17, 15) is 5.11 Å². The van der Waals surface area contributed by atoms with Crippen molar-refractivity contribution in [3.8, 4) is 5.75 Å². The Kier molecular flexibility index (Phi) is 2.68. The van der Waals surface area contributed by atoms with Crippen molar-refractivity contribution in [3.63, 3.8) is 0 Å². The lowest BCUT2D eigenvalue weighted by Gasteiger charge is -2.15. The topological polar surface area (TPSA) is 66.5 Å². The van der Waals surface area contributed by atoms with Crippen molar-refractivity contribution in [2.24, 2.45) is 5.73 Å². The average Bonchev–Trinajstić information content (AvgIpc) is 2.04. The maximum absolute atomic E-state index is 9.34. The van der Waals surface area contributed by atoms with Gasteiger partial charge < -0.3 is 15.9 Å². The molecular formula is C9H13NO2. The van der Waals surface area contributed by atoms with E-state index in [1.165, 1.54) is 0 Å². The van der Waals surface area contributed by atoms with Gasteiger partial charge in [-0.3, -0.25) is 0 Å². The largest absolute Gasteiger partial charge is 0.508 e. The third-order valence-electron chi connectivity index (χ3n) is 1.82. The minimum absolute atomic E-state index is 0.130. The highest BCUT2D eigenvalue weighted by Crippen LogP contribution is 2.23. The summed E-state index contributed by atoms with van der Waals surface area (Å²) in [6.45, 7) is 1.59. The van der Waals surface area contributed by atoms with Gasteiger partial charge in [-0.2, -0.15) is 0 Å². The first-order valence-electron chi connectivity index (χ1n) is 3.84. The first-order chi connectivity index (χ1) is 5.63. The summed E-state index contributed by atoms with van der Waals surface area (Å²) in [5.74, 6) is 0.130. The van der Waals surface area contributed by atoms with Gasteiger partial charge in [0, 0.05) is 5.56 Å². The fourth-order valence-electron chi connectivity index (χ4n) is 1.03. The fraction of sp³-hybridized carbons (Fsp3) is 0.333. The molecule has 66 valence electrons. The highest BCUT2D eigenvalue weighted by molar-refractivity contribution is 5.34. The number of aliphatic hydroxyl groups excluding tert-OH is 1. The van der Waals surface area contributed by atoms with Crippen molar-refractivity contribution in [1.82, 2.24) is 0 Å². The number of benzene rings is 1. The van der Waals surface area contributed by atoms with Crippen molar-refractivity contribution in [1.29, 1.82) is 0 Å². The summed E-state index contributed by atoms with van der Waals surface area (Å²) < 4.78 is 0. The lowest BCUT2D eigenvalue weighted by atomic mass is 10.0. The van der Waals surface area contributed by atoms with E-state index < -0.39 is 12.1 Å². The van der Waals surface area contributed by atoms with Gasteiger partial charge in [0.15, 0.2) is 0 Å². The van der Waals surface area contributed by atoms with Crippen LogP contribution in [-0.4, -0.2) is 16.3 Å². The van der Waals surface area contributed by atoms with Gasteiger partial charge in [-0.05, 0) is 13.0 Å². The summed E-state index contributed by atoms with van der Waals surface area (Å²) in [4.78, 5) is 0. The molecule has 0 radical (unpaired) electrons. The molecule has 0 aromatic heterocycles. The Morgan fingerprint density at radius 1 is 1.33 bits per heavy atom. The second-order valence-electron chi connectivity index (χ2n) is 2.83. The third-order valence-corrected chi connectivity index (χ3v) is 1.82. The second-order valence-corrected chi connectivity index (χ2v) is 2.83. The lowest BCUT2D eigenvalue weighted by Crippen LogP contribution is -2.23. The van der Waals surface area contributed by atoms with Crippen molar-refractivity contribution < 1.29 is 10.2 Å². The zero-order chi connectivity index (χ0) is 9.14. The van der Waals surface area contributed by atoms with Crippen molar-refractivity contribution in [2.45, 2.75) is 19.1 Å². The number of rotatable bonds is 2. The SMILES string of the molecule is C[C@H](O)[C@@H](N)c1ccccc1O. The number of aliphatic hydroxyl groups is 1. The van der Waals surface area contributed by atoms with Crippen LogP contribution in [-0.2, 0) is 0 Å². The van der Waals surface area contributed by atoms with E-state index >= 15 is 0 Å². The highest BCUT2D eigenvalue weighted by atomic mass is 16.3. The van der Waals surface area contributed by atoms with Gasteiger partial charge in [-0.25, -0.2) is 0 Å². The fourth-order valence-corrected chi connectivity index (χ4v) is 1.03. The Hall–Kier alpha value is -1.06. The molecular weight excluding hydrogens is 154 g/mol. The summed E-state index contributed by atoms with van der Waals surface area (Å²) in [5.41, 5.74) is 6.20. The number of phenols is 1. The normalized spacial score (nSPS) is 15.6. The molecule has 12 heavy (non-hydrogen) atoms. The van der Waals surface area contributed by atoms with Gasteiger partial charge in [0.1, 0.15) is 5.75 Å². The molecule has 0 bridgehead atoms. The molecule has 0 aliphatic carbocycles. The van der Waals surface area contributed by atoms with Crippen LogP contribution in [0.25, 0.3) is 0 Å². The molecule has 3 heteroatoms. The van der Waals surface area contributed by atoms with E-state index in [0.29, 0.717) is 5.56 Å². The van der Waals surface area contributed by atoms with E-state index in [4.69, 9.17) is 10.8 Å². The van der Waals surface area contributed by atoms with Gasteiger partial charge in [0.2, 0.25) is 0 Å². The molecule has 0 heterocycles. The molecule has 2 atom stereocenters. The summed E-state index contributed by atoms with van der Waals surface area (Å²) in [5, 5.41) is 18.5. The third kappa shape index (κ3) is 1.75. The molecule has 3 nitrogen and oxygen atoms in total. The molecule has 0 saturated carbocycles. The van der Waals surface area contributed by atoms with Gasteiger partial charge in [0.25, 0.3) is 0 Å². The molecule has 1 rings (SSSR count). The Bertz CT molecular complexity index is 260. The predicted molar refractivity (Wildman–Crippen MR) is 46.7 cm³/mol. The Morgan fingerprint density at radius 2 is 1.92 bits per heavy atom. The van der Waals surface area contributed by atoms with Crippen molar-refractivity contribution >= 4 is 0 Å². The highest BCUT2D eigenvalue weighted by Gasteiger charge is 2.14. The van der Waals surface area contributed by atoms with Crippen LogP contribution in [0, 0.1) is 0 Å². The van der Waals surface area contributed by atoms with Crippen LogP contribution in [0.1, 0.15) is 18.5 Å². The molecule has 4 N–H and O–H groups in total. The van der Waals surface area contributed by atoms with Crippen molar-refractivity contribution in [3.05, 3.63) is 29.8 Å². The quantitative estimate of drug-likeness (QED) is 0.609. The maximum Gasteiger partial charge on any atom is 0.120 e. The molecule has 0 aliphatic rings. The zero-order valence-corrected chi connectivity index (χ0v) is 6.94. The first kappa shape index (κ1) is 9.03. The number of nitrogens with two attached hydrogens (primary N) is 1.